The Bertz CT molecular complexity index is 221. The number of carbonyl (C=O) groups excluding carboxylic acids is 1. The molecule has 1 amide bonds. The molecule has 1 saturated heterocycles. The Morgan fingerprint density at radius 3 is 2.67 bits per heavy atom. The molecule has 1 aliphatic rings. The van der Waals surface area contributed by atoms with Crippen molar-refractivity contribution in [2.45, 2.75) is 38.8 Å². The van der Waals surface area contributed by atoms with E-state index in [-0.39, 0.29) is 30.0 Å². The standard InChI is InChI=1S/C10H20N2O2.ClH/c1-4-8(11)9(13)12-5-6-14-10(2,3)7-12;/h8H,4-7,11H2,1-3H3;1H/t8-;/m0./s1. The molecule has 1 aliphatic heterocycles. The lowest BCUT2D eigenvalue weighted by Crippen LogP contribution is -2.54. The quantitative estimate of drug-likeness (QED) is 0.771. The molecule has 5 heteroatoms. The van der Waals surface area contributed by atoms with Gasteiger partial charge in [0.1, 0.15) is 0 Å². The topological polar surface area (TPSA) is 55.6 Å². The zero-order valence-corrected chi connectivity index (χ0v) is 10.5. The maximum atomic E-state index is 11.8. The van der Waals surface area contributed by atoms with E-state index in [9.17, 15) is 4.79 Å². The summed E-state index contributed by atoms with van der Waals surface area (Å²) in [5.74, 6) is 0.0453. The summed E-state index contributed by atoms with van der Waals surface area (Å²) >= 11 is 0. The van der Waals surface area contributed by atoms with Gasteiger partial charge in [0, 0.05) is 13.1 Å². The van der Waals surface area contributed by atoms with Crippen molar-refractivity contribution in [1.82, 2.24) is 4.90 Å². The van der Waals surface area contributed by atoms with Crippen molar-refractivity contribution in [2.24, 2.45) is 5.73 Å². The highest BCUT2D eigenvalue weighted by Gasteiger charge is 2.31. The number of carbonyl (C=O) groups is 1. The van der Waals surface area contributed by atoms with Crippen LogP contribution in [-0.4, -0.2) is 42.1 Å². The lowest BCUT2D eigenvalue weighted by molar-refractivity contribution is -0.147. The van der Waals surface area contributed by atoms with Gasteiger partial charge in [0.2, 0.25) is 5.91 Å². The van der Waals surface area contributed by atoms with Crippen LogP contribution >= 0.6 is 12.4 Å². The molecule has 0 aromatic carbocycles. The Morgan fingerprint density at radius 1 is 1.60 bits per heavy atom. The number of ether oxygens (including phenoxy) is 1. The Kier molecular flexibility index (Phi) is 5.56. The summed E-state index contributed by atoms with van der Waals surface area (Å²) in [6.07, 6.45) is 0.691. The highest BCUT2D eigenvalue weighted by Crippen LogP contribution is 2.17. The summed E-state index contributed by atoms with van der Waals surface area (Å²) in [4.78, 5) is 13.6. The predicted molar refractivity (Wildman–Crippen MR) is 62.1 cm³/mol. The van der Waals surface area contributed by atoms with Gasteiger partial charge in [-0.05, 0) is 20.3 Å². The van der Waals surface area contributed by atoms with E-state index in [1.54, 1.807) is 4.90 Å². The maximum Gasteiger partial charge on any atom is 0.239 e. The normalized spacial score (nSPS) is 21.7. The zero-order chi connectivity index (χ0) is 10.8. The van der Waals surface area contributed by atoms with Gasteiger partial charge in [-0.1, -0.05) is 6.92 Å². The minimum atomic E-state index is -0.358. The predicted octanol–water partition coefficient (Wildman–Crippen LogP) is 0.783. The third-order valence-corrected chi connectivity index (χ3v) is 2.49. The smallest absolute Gasteiger partial charge is 0.239 e. The van der Waals surface area contributed by atoms with Gasteiger partial charge in [-0.25, -0.2) is 0 Å². The van der Waals surface area contributed by atoms with Gasteiger partial charge in [-0.15, -0.1) is 12.4 Å². The van der Waals surface area contributed by atoms with Crippen molar-refractivity contribution in [2.75, 3.05) is 19.7 Å². The van der Waals surface area contributed by atoms with Crippen LogP contribution in [0.25, 0.3) is 0 Å². The van der Waals surface area contributed by atoms with Gasteiger partial charge in [0.05, 0.1) is 18.2 Å². The molecule has 0 aliphatic carbocycles. The summed E-state index contributed by atoms with van der Waals surface area (Å²) in [6, 6.07) is -0.358. The lowest BCUT2D eigenvalue weighted by atomic mass is 10.1. The number of amides is 1. The number of hydrogen-bond acceptors (Lipinski definition) is 3. The molecule has 90 valence electrons. The van der Waals surface area contributed by atoms with Gasteiger partial charge in [-0.3, -0.25) is 4.79 Å². The fraction of sp³-hybridized carbons (Fsp3) is 0.900. The molecule has 1 fully saturated rings. The van der Waals surface area contributed by atoms with E-state index in [2.05, 4.69) is 0 Å². The summed E-state index contributed by atoms with van der Waals surface area (Å²) in [5, 5.41) is 0. The van der Waals surface area contributed by atoms with Crippen LogP contribution in [0, 0.1) is 0 Å². The van der Waals surface area contributed by atoms with Crippen LogP contribution in [-0.2, 0) is 9.53 Å². The summed E-state index contributed by atoms with van der Waals surface area (Å²) in [5.41, 5.74) is 5.47. The fourth-order valence-corrected chi connectivity index (χ4v) is 1.61. The van der Waals surface area contributed by atoms with Crippen molar-refractivity contribution in [3.8, 4) is 0 Å². The lowest BCUT2D eigenvalue weighted by Gasteiger charge is -2.39. The first-order valence-corrected chi connectivity index (χ1v) is 5.14. The van der Waals surface area contributed by atoms with E-state index < -0.39 is 0 Å². The fourth-order valence-electron chi connectivity index (χ4n) is 1.61. The zero-order valence-electron chi connectivity index (χ0n) is 9.66. The maximum absolute atomic E-state index is 11.8. The van der Waals surface area contributed by atoms with Crippen LogP contribution in [0.2, 0.25) is 0 Å². The van der Waals surface area contributed by atoms with Crippen LogP contribution in [0.4, 0.5) is 0 Å². The molecule has 1 atom stereocenters. The second-order valence-electron chi connectivity index (χ2n) is 4.38. The van der Waals surface area contributed by atoms with Crippen LogP contribution < -0.4 is 5.73 Å². The van der Waals surface area contributed by atoms with Crippen molar-refractivity contribution in [3.05, 3.63) is 0 Å². The van der Waals surface area contributed by atoms with Crippen molar-refractivity contribution < 1.29 is 9.53 Å². The SMILES string of the molecule is CC[C@H](N)C(=O)N1CCOC(C)(C)C1.Cl. The molecule has 0 radical (unpaired) electrons. The second-order valence-corrected chi connectivity index (χ2v) is 4.38. The van der Waals surface area contributed by atoms with E-state index >= 15 is 0 Å². The molecular formula is C10H21ClN2O2. The van der Waals surface area contributed by atoms with Gasteiger partial charge in [-0.2, -0.15) is 0 Å². The molecule has 1 heterocycles. The largest absolute Gasteiger partial charge is 0.372 e. The first kappa shape index (κ1) is 14.7. The number of nitrogens with two attached hydrogens (primary N) is 1. The van der Waals surface area contributed by atoms with E-state index in [4.69, 9.17) is 10.5 Å². The van der Waals surface area contributed by atoms with Gasteiger partial charge < -0.3 is 15.4 Å². The van der Waals surface area contributed by atoms with Crippen LogP contribution in [0.5, 0.6) is 0 Å². The Morgan fingerprint density at radius 2 is 2.20 bits per heavy atom. The average Bonchev–Trinajstić information content (AvgIpc) is 2.14. The van der Waals surface area contributed by atoms with Crippen molar-refractivity contribution in [1.29, 1.82) is 0 Å². The molecule has 2 N–H and O–H groups in total. The molecule has 0 bridgehead atoms. The van der Waals surface area contributed by atoms with Gasteiger partial charge >= 0.3 is 0 Å². The van der Waals surface area contributed by atoms with Gasteiger partial charge in [0.25, 0.3) is 0 Å². The average molecular weight is 237 g/mol. The molecule has 1 rings (SSSR count). The number of nitrogens with zero attached hydrogens (tertiary/aromatic N) is 1. The van der Waals surface area contributed by atoms with Crippen LogP contribution in [0.3, 0.4) is 0 Å². The molecule has 4 nitrogen and oxygen atoms in total. The first-order chi connectivity index (χ1) is 6.46. The summed E-state index contributed by atoms with van der Waals surface area (Å²) in [7, 11) is 0. The third-order valence-electron chi connectivity index (χ3n) is 2.49. The minimum absolute atomic E-state index is 0. The van der Waals surface area contributed by atoms with E-state index in [0.29, 0.717) is 26.1 Å². The van der Waals surface area contributed by atoms with Crippen molar-refractivity contribution in [3.63, 3.8) is 0 Å². The Hall–Kier alpha value is -0.320. The molecule has 0 aromatic heterocycles. The number of morpholine rings is 1. The molecular weight excluding hydrogens is 216 g/mol. The number of halogens is 1. The molecule has 0 unspecified atom stereocenters. The second kappa shape index (κ2) is 5.68. The first-order valence-electron chi connectivity index (χ1n) is 5.14. The summed E-state index contributed by atoms with van der Waals surface area (Å²) < 4.78 is 5.52. The van der Waals surface area contributed by atoms with E-state index in [0.717, 1.165) is 0 Å². The highest BCUT2D eigenvalue weighted by atomic mass is 35.5. The molecule has 0 aromatic rings. The van der Waals surface area contributed by atoms with E-state index in [1.807, 2.05) is 20.8 Å². The number of rotatable bonds is 2. The molecule has 0 spiro atoms. The Balaban J connectivity index is 0.00000196. The molecule has 0 saturated carbocycles. The highest BCUT2D eigenvalue weighted by molar-refractivity contribution is 5.85. The summed E-state index contributed by atoms with van der Waals surface area (Å²) in [6.45, 7) is 7.81. The Labute approximate surface area is 97.5 Å². The van der Waals surface area contributed by atoms with Gasteiger partial charge in [0.15, 0.2) is 0 Å². The minimum Gasteiger partial charge on any atom is -0.372 e. The van der Waals surface area contributed by atoms with Crippen molar-refractivity contribution >= 4 is 18.3 Å². The van der Waals surface area contributed by atoms with Crippen LogP contribution in [0.15, 0.2) is 0 Å². The molecule has 15 heavy (non-hydrogen) atoms. The monoisotopic (exact) mass is 236 g/mol. The number of hydrogen-bond donors (Lipinski definition) is 1. The third kappa shape index (κ3) is 3.97. The van der Waals surface area contributed by atoms with Crippen LogP contribution in [0.1, 0.15) is 27.2 Å². The van der Waals surface area contributed by atoms with E-state index in [1.165, 1.54) is 0 Å².